The third-order valence-electron chi connectivity index (χ3n) is 11.3. The van der Waals surface area contributed by atoms with Crippen LogP contribution < -0.4 is 4.40 Å². The van der Waals surface area contributed by atoms with E-state index in [1.54, 1.807) is 0 Å². The molecule has 0 saturated heterocycles. The van der Waals surface area contributed by atoms with E-state index in [0.29, 0.717) is 11.1 Å². The molecule has 3 unspecified atom stereocenters. The summed E-state index contributed by atoms with van der Waals surface area (Å²) >= 11 is -1.90. The van der Waals surface area contributed by atoms with Crippen LogP contribution in [0.4, 0.5) is 0 Å². The van der Waals surface area contributed by atoms with E-state index in [2.05, 4.69) is 116 Å². The van der Waals surface area contributed by atoms with Gasteiger partial charge in [-0.05, 0) is 67.3 Å². The summed E-state index contributed by atoms with van der Waals surface area (Å²) in [6.07, 6.45) is 12.1. The first kappa shape index (κ1) is 39.3. The molecule has 4 aromatic heterocycles. The molecule has 283 valence electrons. The molecule has 9 rings (SSSR count). The molecule has 0 N–H and O–H groups in total. The van der Waals surface area contributed by atoms with E-state index in [9.17, 15) is 0 Å². The maximum Gasteiger partial charge on any atom is 0.216 e. The molecule has 6 heteroatoms. The van der Waals surface area contributed by atoms with E-state index in [1.165, 1.54) is 47.6 Å². The number of benzene rings is 3. The molecule has 0 aliphatic heterocycles. The molecule has 3 atom stereocenters. The molecular weight excluding hydrogens is 911 g/mol. The van der Waals surface area contributed by atoms with Crippen LogP contribution in [0.15, 0.2) is 114 Å². The predicted molar refractivity (Wildman–Crippen MR) is 226 cm³/mol. The van der Waals surface area contributed by atoms with Crippen LogP contribution in [0, 0.1) is 35.3 Å². The molecule has 2 fully saturated rings. The smallest absolute Gasteiger partial charge is 0.216 e. The second-order valence-electron chi connectivity index (χ2n) is 17.8. The zero-order chi connectivity index (χ0) is 37.5. The minimum Gasteiger partial charge on any atom is -0.486 e. The number of hydrogen-bond acceptors (Lipinski definition) is 4. The summed E-state index contributed by atoms with van der Waals surface area (Å²) < 4.78 is 7.62. The van der Waals surface area contributed by atoms with Crippen molar-refractivity contribution >= 4 is 39.7 Å². The zero-order valence-corrected chi connectivity index (χ0v) is 37.4. The zero-order valence-electron chi connectivity index (χ0n) is 33.0. The summed E-state index contributed by atoms with van der Waals surface area (Å²) in [5.74, 6) is 10.1. The standard InChI is InChI=1S/C30H25N2O.C19H26GeN.Ir/c1-2-4-21(5-3-1)27-10-9-25-26-18-23(8-11-29(26)33-30(25)32-27)28-17-20(12-13-31-28)16-24-15-19-6-7-22(24)14-19;1-19(2,3)13-16-12-18(15-10-8-7-9-11-15)21-14-17(16)20(4,5)6;/h1-5,9-13,17-19,22,24H,6-7,14-16H2;7-10,12,14H,13H2,1-6H3;/q2*-1;. The number of rotatable bonds is 7. The topological polar surface area (TPSA) is 51.8 Å². The molecule has 1 radical (unpaired) electrons. The second-order valence-corrected chi connectivity index (χ2v) is 28.4. The molecule has 2 bridgehead atoms. The molecule has 4 nitrogen and oxygen atoms in total. The number of fused-ring (bicyclic) bond motifs is 5. The van der Waals surface area contributed by atoms with Gasteiger partial charge in [0.1, 0.15) is 0 Å². The number of nitrogens with zero attached hydrogens (tertiary/aromatic N) is 3. The minimum absolute atomic E-state index is 0. The van der Waals surface area contributed by atoms with E-state index >= 15 is 0 Å². The van der Waals surface area contributed by atoms with Crippen molar-refractivity contribution in [2.45, 2.75) is 76.6 Å². The van der Waals surface area contributed by atoms with Crippen molar-refractivity contribution in [3.63, 3.8) is 0 Å². The molecule has 4 heterocycles. The molecule has 0 amide bonds. The SMILES string of the molecule is CC(C)(C)Cc1cc(-c2[c-]cccc2)nc[c]1[Ge]([CH3])([CH3])[CH3].[Ir].[c-]1cc2oc3nc(-c4ccccc4)ccc3c2cc1-c1cc(CC2CC3CCC2C3)ccn1. The van der Waals surface area contributed by atoms with Crippen molar-refractivity contribution in [1.82, 2.24) is 15.0 Å². The maximum atomic E-state index is 6.08. The third kappa shape index (κ3) is 9.06. The first-order chi connectivity index (χ1) is 26.0. The summed E-state index contributed by atoms with van der Waals surface area (Å²) in [7, 11) is 0. The fourth-order valence-electron chi connectivity index (χ4n) is 8.79. The van der Waals surface area contributed by atoms with Crippen LogP contribution in [0.25, 0.3) is 55.8 Å². The van der Waals surface area contributed by atoms with E-state index in [-0.39, 0.29) is 20.1 Å². The van der Waals surface area contributed by atoms with Gasteiger partial charge in [-0.3, -0.25) is 0 Å². The maximum absolute atomic E-state index is 6.08. The second kappa shape index (κ2) is 16.3. The van der Waals surface area contributed by atoms with Gasteiger partial charge < -0.3 is 9.40 Å². The van der Waals surface area contributed by atoms with Gasteiger partial charge in [0.05, 0.1) is 11.3 Å². The van der Waals surface area contributed by atoms with Gasteiger partial charge in [-0.1, -0.05) is 53.8 Å². The molecule has 3 aromatic carbocycles. The van der Waals surface area contributed by atoms with Gasteiger partial charge in [0, 0.05) is 37.3 Å². The molecular formula is C49H51GeIrN3O-2. The van der Waals surface area contributed by atoms with Crippen LogP contribution in [-0.2, 0) is 32.9 Å². The van der Waals surface area contributed by atoms with Crippen molar-refractivity contribution in [2.75, 3.05) is 0 Å². The Kier molecular flexibility index (Phi) is 11.7. The Balaban J connectivity index is 0.000000185. The molecule has 0 spiro atoms. The number of furan rings is 1. The van der Waals surface area contributed by atoms with E-state index < -0.39 is 13.3 Å². The van der Waals surface area contributed by atoms with Gasteiger partial charge in [0.2, 0.25) is 5.71 Å². The Morgan fingerprint density at radius 3 is 2.29 bits per heavy atom. The van der Waals surface area contributed by atoms with Crippen molar-refractivity contribution in [2.24, 2.45) is 23.2 Å². The van der Waals surface area contributed by atoms with Crippen molar-refractivity contribution < 1.29 is 24.5 Å². The molecule has 7 aromatic rings. The molecule has 2 aliphatic carbocycles. The van der Waals surface area contributed by atoms with Gasteiger partial charge in [-0.25, -0.2) is 4.98 Å². The normalized spacial score (nSPS) is 17.9. The van der Waals surface area contributed by atoms with Crippen molar-refractivity contribution in [3.8, 4) is 33.8 Å². The van der Waals surface area contributed by atoms with Crippen LogP contribution in [0.3, 0.4) is 0 Å². The van der Waals surface area contributed by atoms with Crippen LogP contribution in [0.1, 0.15) is 57.6 Å². The van der Waals surface area contributed by atoms with Gasteiger partial charge in [0.25, 0.3) is 0 Å². The largest absolute Gasteiger partial charge is 0.486 e. The van der Waals surface area contributed by atoms with Crippen LogP contribution in [0.2, 0.25) is 17.3 Å². The Morgan fingerprint density at radius 2 is 1.58 bits per heavy atom. The van der Waals surface area contributed by atoms with Gasteiger partial charge in [-0.15, -0.1) is 23.8 Å². The summed E-state index contributed by atoms with van der Waals surface area (Å²) in [4.78, 5) is 14.2. The first-order valence-electron chi connectivity index (χ1n) is 19.7. The van der Waals surface area contributed by atoms with Crippen molar-refractivity contribution in [1.29, 1.82) is 0 Å². The fourth-order valence-corrected chi connectivity index (χ4v) is 12.1. The van der Waals surface area contributed by atoms with E-state index in [0.717, 1.165) is 74.3 Å². The Bertz CT molecular complexity index is 2390. The average Bonchev–Trinajstić information content (AvgIpc) is 3.89. The summed E-state index contributed by atoms with van der Waals surface area (Å²) in [6, 6.07) is 40.0. The number of hydrogen-bond donors (Lipinski definition) is 0. The van der Waals surface area contributed by atoms with E-state index in [1.807, 2.05) is 48.7 Å². The Labute approximate surface area is 343 Å². The van der Waals surface area contributed by atoms with Crippen LogP contribution in [-0.4, -0.2) is 28.2 Å². The quantitative estimate of drug-likeness (QED) is 0.118. The van der Waals surface area contributed by atoms with E-state index in [4.69, 9.17) is 14.4 Å². The first-order valence-corrected chi connectivity index (χ1v) is 27.0. The minimum atomic E-state index is -1.90. The van der Waals surface area contributed by atoms with Crippen LogP contribution in [0.5, 0.6) is 0 Å². The third-order valence-corrected chi connectivity index (χ3v) is 15.7. The average molecular weight is 963 g/mol. The number of aromatic nitrogens is 3. The number of pyridine rings is 3. The van der Waals surface area contributed by atoms with Crippen LogP contribution >= 0.6 is 0 Å². The summed E-state index contributed by atoms with van der Waals surface area (Å²) in [6.45, 7) is 6.92. The molecule has 55 heavy (non-hydrogen) atoms. The molecule has 2 saturated carbocycles. The fraction of sp³-hybridized carbons (Fsp3) is 0.327. The van der Waals surface area contributed by atoms with Gasteiger partial charge in [0.15, 0.2) is 0 Å². The Morgan fingerprint density at radius 1 is 0.782 bits per heavy atom. The summed E-state index contributed by atoms with van der Waals surface area (Å²) in [5.41, 5.74) is 10.8. The molecule has 2 aliphatic rings. The van der Waals surface area contributed by atoms with Crippen molar-refractivity contribution in [3.05, 3.63) is 133 Å². The monoisotopic (exact) mass is 964 g/mol. The predicted octanol–water partition coefficient (Wildman–Crippen LogP) is 12.2. The van der Waals surface area contributed by atoms with Gasteiger partial charge >= 0.3 is 132 Å². The van der Waals surface area contributed by atoms with Gasteiger partial charge in [-0.2, -0.15) is 0 Å². The Hall–Kier alpha value is -3.90. The summed E-state index contributed by atoms with van der Waals surface area (Å²) in [5, 5.41) is 2.09.